The summed E-state index contributed by atoms with van der Waals surface area (Å²) in [6.07, 6.45) is 0.805. The summed E-state index contributed by atoms with van der Waals surface area (Å²) in [7, 11) is 0. The second-order valence-corrected chi connectivity index (χ2v) is 4.78. The number of nitro benzene ring substituents is 1. The van der Waals surface area contributed by atoms with Crippen LogP contribution < -0.4 is 5.32 Å². The molecule has 0 aliphatic carbocycles. The third-order valence-electron chi connectivity index (χ3n) is 3.34. The lowest BCUT2D eigenvalue weighted by molar-refractivity contribution is -0.384. The minimum atomic E-state index is -0.395. The van der Waals surface area contributed by atoms with Gasteiger partial charge in [-0.1, -0.05) is 36.4 Å². The Morgan fingerprint density at radius 3 is 2.33 bits per heavy atom. The molecule has 110 valence electrons. The molecule has 2 N–H and O–H groups in total. The van der Waals surface area contributed by atoms with Crippen LogP contribution >= 0.6 is 0 Å². The van der Waals surface area contributed by atoms with E-state index in [2.05, 4.69) is 5.32 Å². The Labute approximate surface area is 123 Å². The minimum Gasteiger partial charge on any atom is -0.392 e. The first kappa shape index (κ1) is 15.2. The quantitative estimate of drug-likeness (QED) is 0.465. The molecule has 5 nitrogen and oxygen atoms in total. The molecule has 0 saturated carbocycles. The molecular weight excluding hydrogens is 268 g/mol. The lowest BCUT2D eigenvalue weighted by Crippen LogP contribution is -2.17. The zero-order valence-electron chi connectivity index (χ0n) is 11.7. The van der Waals surface area contributed by atoms with Crippen molar-refractivity contribution in [1.82, 2.24) is 5.32 Å². The summed E-state index contributed by atoms with van der Waals surface area (Å²) in [5.41, 5.74) is 3.19. The van der Waals surface area contributed by atoms with Crippen LogP contribution in [0.5, 0.6) is 0 Å². The molecule has 0 fully saturated rings. The normalized spacial score (nSPS) is 10.5. The Kier molecular flexibility index (Phi) is 5.43. The molecule has 5 heteroatoms. The highest BCUT2D eigenvalue weighted by Crippen LogP contribution is 2.12. The molecule has 0 atom stereocenters. The molecule has 0 saturated heterocycles. The van der Waals surface area contributed by atoms with Gasteiger partial charge < -0.3 is 10.4 Å². The van der Waals surface area contributed by atoms with Crippen molar-refractivity contribution in [2.75, 3.05) is 6.54 Å². The van der Waals surface area contributed by atoms with Crippen LogP contribution in [0.2, 0.25) is 0 Å². The van der Waals surface area contributed by atoms with Crippen molar-refractivity contribution in [3.8, 4) is 0 Å². The number of hydrogen-bond acceptors (Lipinski definition) is 4. The van der Waals surface area contributed by atoms with E-state index in [0.29, 0.717) is 6.54 Å². The van der Waals surface area contributed by atoms with Gasteiger partial charge in [-0.3, -0.25) is 10.1 Å². The number of hydrogen-bond donors (Lipinski definition) is 2. The first-order valence-corrected chi connectivity index (χ1v) is 6.82. The second-order valence-electron chi connectivity index (χ2n) is 4.78. The Balaban J connectivity index is 1.80. The third-order valence-corrected chi connectivity index (χ3v) is 3.34. The van der Waals surface area contributed by atoms with E-state index in [1.54, 1.807) is 12.1 Å². The van der Waals surface area contributed by atoms with Gasteiger partial charge in [0.25, 0.3) is 5.69 Å². The van der Waals surface area contributed by atoms with Gasteiger partial charge in [0, 0.05) is 18.7 Å². The highest BCUT2D eigenvalue weighted by molar-refractivity contribution is 5.33. The van der Waals surface area contributed by atoms with E-state index in [0.717, 1.165) is 29.7 Å². The Morgan fingerprint density at radius 2 is 1.71 bits per heavy atom. The Hall–Kier alpha value is -2.24. The van der Waals surface area contributed by atoms with Gasteiger partial charge in [-0.15, -0.1) is 0 Å². The summed E-state index contributed by atoms with van der Waals surface area (Å²) in [6.45, 7) is 1.52. The van der Waals surface area contributed by atoms with Crippen molar-refractivity contribution >= 4 is 5.69 Å². The van der Waals surface area contributed by atoms with Gasteiger partial charge in [-0.05, 0) is 29.7 Å². The van der Waals surface area contributed by atoms with Gasteiger partial charge in [-0.25, -0.2) is 0 Å². The number of aliphatic hydroxyl groups is 1. The predicted octanol–water partition coefficient (Wildman–Crippen LogP) is 2.42. The van der Waals surface area contributed by atoms with Gasteiger partial charge in [0.1, 0.15) is 0 Å². The van der Waals surface area contributed by atoms with Crippen LogP contribution in [0.25, 0.3) is 0 Å². The standard InChI is InChI=1S/C16H18N2O3/c19-12-15-4-2-1-3-14(15)11-17-10-9-13-5-7-16(8-6-13)18(20)21/h1-8,17,19H,9-12H2. The number of benzene rings is 2. The fourth-order valence-electron chi connectivity index (χ4n) is 2.12. The van der Waals surface area contributed by atoms with Crippen molar-refractivity contribution in [1.29, 1.82) is 0 Å². The van der Waals surface area contributed by atoms with E-state index >= 15 is 0 Å². The first-order valence-electron chi connectivity index (χ1n) is 6.82. The summed E-state index contributed by atoms with van der Waals surface area (Å²) in [6, 6.07) is 14.4. The largest absolute Gasteiger partial charge is 0.392 e. The highest BCUT2D eigenvalue weighted by atomic mass is 16.6. The molecule has 0 unspecified atom stereocenters. The molecule has 0 aliphatic heterocycles. The number of nitro groups is 1. The molecule has 0 aliphatic rings. The number of aliphatic hydroxyl groups excluding tert-OH is 1. The van der Waals surface area contributed by atoms with Gasteiger partial charge in [0.05, 0.1) is 11.5 Å². The summed E-state index contributed by atoms with van der Waals surface area (Å²) in [5.74, 6) is 0. The summed E-state index contributed by atoms with van der Waals surface area (Å²) in [5, 5.41) is 23.1. The predicted molar refractivity (Wildman–Crippen MR) is 80.9 cm³/mol. The van der Waals surface area contributed by atoms with E-state index in [9.17, 15) is 15.2 Å². The van der Waals surface area contributed by atoms with Crippen molar-refractivity contribution in [3.05, 3.63) is 75.3 Å². The summed E-state index contributed by atoms with van der Waals surface area (Å²) >= 11 is 0. The van der Waals surface area contributed by atoms with E-state index in [-0.39, 0.29) is 12.3 Å². The molecule has 0 spiro atoms. The third kappa shape index (κ3) is 4.37. The molecule has 0 radical (unpaired) electrons. The summed E-state index contributed by atoms with van der Waals surface area (Å²) in [4.78, 5) is 10.2. The lowest BCUT2D eigenvalue weighted by atomic mass is 10.1. The molecule has 0 bridgehead atoms. The van der Waals surface area contributed by atoms with Crippen molar-refractivity contribution in [3.63, 3.8) is 0 Å². The second kappa shape index (κ2) is 7.52. The Morgan fingerprint density at radius 1 is 1.05 bits per heavy atom. The smallest absolute Gasteiger partial charge is 0.269 e. The van der Waals surface area contributed by atoms with Crippen molar-refractivity contribution in [2.45, 2.75) is 19.6 Å². The molecule has 21 heavy (non-hydrogen) atoms. The van der Waals surface area contributed by atoms with Crippen LogP contribution in [0, 0.1) is 10.1 Å². The fraction of sp³-hybridized carbons (Fsp3) is 0.250. The van der Waals surface area contributed by atoms with Crippen LogP contribution in [0.4, 0.5) is 5.69 Å². The van der Waals surface area contributed by atoms with Crippen molar-refractivity contribution < 1.29 is 10.0 Å². The molecule has 0 heterocycles. The molecule has 2 aromatic rings. The van der Waals surface area contributed by atoms with Crippen LogP contribution in [0.1, 0.15) is 16.7 Å². The van der Waals surface area contributed by atoms with Gasteiger partial charge in [0.15, 0.2) is 0 Å². The number of nitrogens with one attached hydrogen (secondary N) is 1. The number of non-ortho nitro benzene ring substituents is 1. The molecule has 0 aromatic heterocycles. The monoisotopic (exact) mass is 286 g/mol. The molecule has 2 aromatic carbocycles. The van der Waals surface area contributed by atoms with E-state index in [4.69, 9.17) is 0 Å². The van der Waals surface area contributed by atoms with Crippen LogP contribution in [0.15, 0.2) is 48.5 Å². The highest BCUT2D eigenvalue weighted by Gasteiger charge is 2.04. The van der Waals surface area contributed by atoms with Gasteiger partial charge in [0.2, 0.25) is 0 Å². The van der Waals surface area contributed by atoms with E-state index in [1.165, 1.54) is 12.1 Å². The lowest BCUT2D eigenvalue weighted by Gasteiger charge is -2.08. The van der Waals surface area contributed by atoms with E-state index < -0.39 is 4.92 Å². The van der Waals surface area contributed by atoms with E-state index in [1.807, 2.05) is 24.3 Å². The average molecular weight is 286 g/mol. The van der Waals surface area contributed by atoms with Crippen LogP contribution in [-0.2, 0) is 19.6 Å². The zero-order valence-corrected chi connectivity index (χ0v) is 11.7. The molecule has 0 amide bonds. The SMILES string of the molecule is O=[N+]([O-])c1ccc(CCNCc2ccccc2CO)cc1. The van der Waals surface area contributed by atoms with Crippen molar-refractivity contribution in [2.24, 2.45) is 0 Å². The average Bonchev–Trinajstić information content (AvgIpc) is 2.52. The topological polar surface area (TPSA) is 75.4 Å². The van der Waals surface area contributed by atoms with Crippen LogP contribution in [-0.4, -0.2) is 16.6 Å². The maximum atomic E-state index is 10.6. The van der Waals surface area contributed by atoms with Gasteiger partial charge in [-0.2, -0.15) is 0 Å². The number of nitrogens with zero attached hydrogens (tertiary/aromatic N) is 1. The summed E-state index contributed by atoms with van der Waals surface area (Å²) < 4.78 is 0. The van der Waals surface area contributed by atoms with Crippen LogP contribution in [0.3, 0.4) is 0 Å². The maximum Gasteiger partial charge on any atom is 0.269 e. The first-order chi connectivity index (χ1) is 10.2. The molecular formula is C16H18N2O3. The Bertz CT molecular complexity index is 597. The minimum absolute atomic E-state index is 0.0419. The molecule has 2 rings (SSSR count). The fourth-order valence-corrected chi connectivity index (χ4v) is 2.12. The van der Waals surface area contributed by atoms with Gasteiger partial charge >= 0.3 is 0 Å². The maximum absolute atomic E-state index is 10.6. The zero-order chi connectivity index (χ0) is 15.1. The number of rotatable bonds is 7.